The van der Waals surface area contributed by atoms with E-state index in [1.807, 2.05) is 13.0 Å². The monoisotopic (exact) mass is 465 g/mol. The predicted molar refractivity (Wildman–Crippen MR) is 113 cm³/mol. The first-order valence-corrected chi connectivity index (χ1v) is 9.77. The Morgan fingerprint density at radius 1 is 1.25 bits per heavy atom. The van der Waals surface area contributed by atoms with Crippen LogP contribution < -0.4 is 15.6 Å². The van der Waals surface area contributed by atoms with Crippen LogP contribution in [0.1, 0.15) is 12.0 Å². The maximum Gasteiger partial charge on any atom is 0.387 e. The molecule has 8 nitrogen and oxygen atoms in total. The fourth-order valence-corrected chi connectivity index (χ4v) is 3.12. The van der Waals surface area contributed by atoms with E-state index in [4.69, 9.17) is 16.3 Å². The van der Waals surface area contributed by atoms with E-state index < -0.39 is 25.1 Å². The molecule has 11 heteroatoms. The van der Waals surface area contributed by atoms with E-state index in [2.05, 4.69) is 15.0 Å². The molecule has 168 valence electrons. The molecule has 0 aliphatic carbocycles. The van der Waals surface area contributed by atoms with Crippen LogP contribution in [0, 0.1) is 6.92 Å². The highest BCUT2D eigenvalue weighted by Crippen LogP contribution is 2.28. The molecule has 0 saturated carbocycles. The number of halogens is 3. The highest BCUT2D eigenvalue weighted by Gasteiger charge is 2.13. The molecule has 3 aromatic rings. The number of anilines is 1. The molecule has 0 saturated heterocycles. The van der Waals surface area contributed by atoms with Crippen molar-refractivity contribution in [2.75, 3.05) is 11.9 Å². The van der Waals surface area contributed by atoms with Gasteiger partial charge < -0.3 is 14.8 Å². The van der Waals surface area contributed by atoms with E-state index in [0.717, 1.165) is 5.56 Å². The number of hydrogen-bond acceptors (Lipinski definition) is 6. The summed E-state index contributed by atoms with van der Waals surface area (Å²) in [5.41, 5.74) is 1.40. The van der Waals surface area contributed by atoms with Crippen molar-refractivity contribution in [3.05, 3.63) is 63.7 Å². The standard InChI is InChI=1S/C21H18ClF2N3O5/c1-12-3-2-4-14-19(12)25-11-27(20(14)30)8-7-18(29)31-10-17(28)26-13-5-6-16(15(22)9-13)32-21(23)24/h2-6,9,11,21H,7-8,10H2,1H3,(H,26,28). The number of alkyl halides is 2. The van der Waals surface area contributed by atoms with Crippen molar-refractivity contribution in [3.8, 4) is 5.75 Å². The van der Waals surface area contributed by atoms with Crippen LogP contribution in [0.2, 0.25) is 5.02 Å². The van der Waals surface area contributed by atoms with Crippen molar-refractivity contribution in [1.82, 2.24) is 9.55 Å². The third-order valence-electron chi connectivity index (χ3n) is 4.41. The number of rotatable bonds is 8. The Labute approximate surface area is 185 Å². The Kier molecular flexibility index (Phi) is 7.37. The molecule has 0 bridgehead atoms. The van der Waals surface area contributed by atoms with E-state index in [9.17, 15) is 23.2 Å². The Bertz CT molecular complexity index is 1220. The molecule has 0 aliphatic rings. The lowest BCUT2D eigenvalue weighted by Crippen LogP contribution is -2.24. The number of ether oxygens (including phenoxy) is 2. The maximum absolute atomic E-state index is 12.5. The smallest absolute Gasteiger partial charge is 0.387 e. The molecule has 0 spiro atoms. The number of amides is 1. The van der Waals surface area contributed by atoms with Crippen molar-refractivity contribution < 1.29 is 27.8 Å². The van der Waals surface area contributed by atoms with Crippen molar-refractivity contribution in [2.24, 2.45) is 0 Å². The minimum Gasteiger partial charge on any atom is -0.456 e. The first-order chi connectivity index (χ1) is 15.2. The molecule has 0 fully saturated rings. The molecule has 0 aliphatic heterocycles. The lowest BCUT2D eigenvalue weighted by Gasteiger charge is -2.10. The second kappa shape index (κ2) is 10.2. The number of fused-ring (bicyclic) bond motifs is 1. The first kappa shape index (κ1) is 23.1. The summed E-state index contributed by atoms with van der Waals surface area (Å²) in [4.78, 5) is 40.7. The number of nitrogens with one attached hydrogen (secondary N) is 1. The van der Waals surface area contributed by atoms with Crippen molar-refractivity contribution in [3.63, 3.8) is 0 Å². The van der Waals surface area contributed by atoms with Gasteiger partial charge in [-0.2, -0.15) is 8.78 Å². The maximum atomic E-state index is 12.5. The third-order valence-corrected chi connectivity index (χ3v) is 4.70. The van der Waals surface area contributed by atoms with Crippen LogP contribution in [0.3, 0.4) is 0 Å². The molecule has 1 aromatic heterocycles. The fraction of sp³-hybridized carbons (Fsp3) is 0.238. The number of aromatic nitrogens is 2. The van der Waals surface area contributed by atoms with Crippen molar-refractivity contribution in [2.45, 2.75) is 26.5 Å². The van der Waals surface area contributed by atoms with Gasteiger partial charge in [0.15, 0.2) is 6.61 Å². The SMILES string of the molecule is Cc1cccc2c(=O)n(CCC(=O)OCC(=O)Nc3ccc(OC(F)F)c(Cl)c3)cnc12. The van der Waals surface area contributed by atoms with Gasteiger partial charge in [0.05, 0.1) is 28.7 Å². The zero-order chi connectivity index (χ0) is 23.3. The van der Waals surface area contributed by atoms with E-state index in [1.54, 1.807) is 12.1 Å². The molecular weight excluding hydrogens is 448 g/mol. The molecule has 32 heavy (non-hydrogen) atoms. The van der Waals surface area contributed by atoms with Gasteiger partial charge >= 0.3 is 12.6 Å². The predicted octanol–water partition coefficient (Wildman–Crippen LogP) is 3.53. The molecule has 1 amide bonds. The number of para-hydroxylation sites is 1. The van der Waals surface area contributed by atoms with E-state index in [1.165, 1.54) is 29.1 Å². The molecule has 0 unspecified atom stereocenters. The second-order valence-corrected chi connectivity index (χ2v) is 7.10. The number of benzene rings is 2. The normalized spacial score (nSPS) is 10.9. The highest BCUT2D eigenvalue weighted by molar-refractivity contribution is 6.32. The van der Waals surface area contributed by atoms with Crippen molar-refractivity contribution >= 4 is 40.1 Å². The summed E-state index contributed by atoms with van der Waals surface area (Å²) in [6, 6.07) is 8.97. The summed E-state index contributed by atoms with van der Waals surface area (Å²) in [5, 5.41) is 2.75. The lowest BCUT2D eigenvalue weighted by molar-refractivity contribution is -0.147. The minimum atomic E-state index is -3.03. The topological polar surface area (TPSA) is 99.5 Å². The summed E-state index contributed by atoms with van der Waals surface area (Å²) >= 11 is 5.81. The largest absolute Gasteiger partial charge is 0.456 e. The third kappa shape index (κ3) is 5.79. The Morgan fingerprint density at radius 3 is 2.75 bits per heavy atom. The van der Waals surface area contributed by atoms with Gasteiger partial charge in [0.1, 0.15) is 5.75 Å². The molecule has 1 N–H and O–H groups in total. The molecular formula is C21H18ClF2N3O5. The highest BCUT2D eigenvalue weighted by atomic mass is 35.5. The van der Waals surface area contributed by atoms with Crippen LogP contribution in [0.4, 0.5) is 14.5 Å². The summed E-state index contributed by atoms with van der Waals surface area (Å²) < 4.78 is 34.9. The molecule has 3 rings (SSSR count). The summed E-state index contributed by atoms with van der Waals surface area (Å²) in [6.45, 7) is -1.72. The van der Waals surface area contributed by atoms with Gasteiger partial charge in [-0.05, 0) is 36.8 Å². The number of esters is 1. The molecule has 2 aromatic carbocycles. The van der Waals surface area contributed by atoms with E-state index >= 15 is 0 Å². The number of carbonyl (C=O) groups excluding carboxylic acids is 2. The average Bonchev–Trinajstić information content (AvgIpc) is 2.74. The lowest BCUT2D eigenvalue weighted by atomic mass is 10.1. The first-order valence-electron chi connectivity index (χ1n) is 9.39. The molecule has 0 atom stereocenters. The van der Waals surface area contributed by atoms with Gasteiger partial charge in [0.25, 0.3) is 11.5 Å². The second-order valence-electron chi connectivity index (χ2n) is 6.70. The van der Waals surface area contributed by atoms with Crippen LogP contribution in [0.5, 0.6) is 5.75 Å². The summed E-state index contributed by atoms with van der Waals surface area (Å²) in [6.07, 6.45) is 1.22. The number of nitrogens with zero attached hydrogens (tertiary/aromatic N) is 2. The zero-order valence-electron chi connectivity index (χ0n) is 16.8. The molecule has 0 radical (unpaired) electrons. The summed E-state index contributed by atoms with van der Waals surface area (Å²) in [7, 11) is 0. The van der Waals surface area contributed by atoms with Gasteiger partial charge in [-0.3, -0.25) is 19.0 Å². The minimum absolute atomic E-state index is 0.0391. The number of hydrogen-bond donors (Lipinski definition) is 1. The fourth-order valence-electron chi connectivity index (χ4n) is 2.89. The van der Waals surface area contributed by atoms with Crippen LogP contribution in [0.15, 0.2) is 47.5 Å². The van der Waals surface area contributed by atoms with Crippen molar-refractivity contribution in [1.29, 1.82) is 0 Å². The molecule has 1 heterocycles. The van der Waals surface area contributed by atoms with Crippen LogP contribution in [-0.2, 0) is 20.9 Å². The quantitative estimate of drug-likeness (QED) is 0.511. The van der Waals surface area contributed by atoms with Crippen LogP contribution in [-0.4, -0.2) is 34.6 Å². The Morgan fingerprint density at radius 2 is 2.03 bits per heavy atom. The van der Waals surface area contributed by atoms with Gasteiger partial charge in [0.2, 0.25) is 0 Å². The summed E-state index contributed by atoms with van der Waals surface area (Å²) in [5.74, 6) is -1.58. The van der Waals surface area contributed by atoms with E-state index in [-0.39, 0.29) is 35.0 Å². The number of carbonyl (C=O) groups is 2. The zero-order valence-corrected chi connectivity index (χ0v) is 17.6. The average molecular weight is 466 g/mol. The van der Waals surface area contributed by atoms with E-state index in [0.29, 0.717) is 10.9 Å². The van der Waals surface area contributed by atoms with Gasteiger partial charge in [-0.25, -0.2) is 4.98 Å². The van der Waals surface area contributed by atoms with Gasteiger partial charge in [-0.1, -0.05) is 23.7 Å². The number of aryl methyl sites for hydroxylation is 2. The van der Waals surface area contributed by atoms with Crippen LogP contribution >= 0.6 is 11.6 Å². The van der Waals surface area contributed by atoms with Gasteiger partial charge in [0, 0.05) is 12.2 Å². The van der Waals surface area contributed by atoms with Crippen LogP contribution in [0.25, 0.3) is 10.9 Å². The Balaban J connectivity index is 1.50. The Hall–Kier alpha value is -3.53. The van der Waals surface area contributed by atoms with Gasteiger partial charge in [-0.15, -0.1) is 0 Å².